The van der Waals surface area contributed by atoms with Crippen LogP contribution in [0.1, 0.15) is 82.3 Å². The number of hydrogen-bond acceptors (Lipinski definition) is 0. The lowest BCUT2D eigenvalue weighted by molar-refractivity contribution is 0.307. The molecule has 0 bridgehead atoms. The van der Waals surface area contributed by atoms with Crippen molar-refractivity contribution in [1.82, 2.24) is 0 Å². The van der Waals surface area contributed by atoms with Gasteiger partial charge in [-0.25, -0.2) is 8.78 Å². The molecule has 0 radical (unpaired) electrons. The Labute approximate surface area is 128 Å². The lowest BCUT2D eigenvalue weighted by atomic mass is 9.77. The first-order chi connectivity index (χ1) is 10.2. The Morgan fingerprint density at radius 1 is 0.952 bits per heavy atom. The van der Waals surface area contributed by atoms with E-state index in [4.69, 9.17) is 0 Å². The minimum Gasteiger partial charge on any atom is -0.207 e. The first-order valence-electron chi connectivity index (χ1n) is 8.63. The lowest BCUT2D eigenvalue weighted by Crippen LogP contribution is -2.14. The van der Waals surface area contributed by atoms with E-state index in [2.05, 4.69) is 6.92 Å². The molecule has 0 spiro atoms. The summed E-state index contributed by atoms with van der Waals surface area (Å²) in [6.07, 6.45) is 9.43. The highest BCUT2D eigenvalue weighted by Crippen LogP contribution is 2.38. The maximum absolute atomic E-state index is 14.1. The van der Waals surface area contributed by atoms with Crippen molar-refractivity contribution in [1.29, 1.82) is 0 Å². The summed E-state index contributed by atoms with van der Waals surface area (Å²) >= 11 is 0. The highest BCUT2D eigenvalue weighted by molar-refractivity contribution is 5.29. The van der Waals surface area contributed by atoms with Gasteiger partial charge < -0.3 is 0 Å². The average molecular weight is 294 g/mol. The molecule has 0 aliphatic heterocycles. The maximum atomic E-state index is 14.1. The third-order valence-electron chi connectivity index (χ3n) is 4.96. The maximum Gasteiger partial charge on any atom is 0.129 e. The smallest absolute Gasteiger partial charge is 0.129 e. The SMILES string of the molecule is CCCCc1c(F)cc(C2CCC(CCC)CC2)cc1F. The molecule has 0 nitrogen and oxygen atoms in total. The fourth-order valence-corrected chi connectivity index (χ4v) is 3.64. The molecule has 21 heavy (non-hydrogen) atoms. The fraction of sp³-hybridized carbons (Fsp3) is 0.684. The summed E-state index contributed by atoms with van der Waals surface area (Å²) in [5.41, 5.74) is 1.15. The second-order valence-corrected chi connectivity index (χ2v) is 6.57. The van der Waals surface area contributed by atoms with Gasteiger partial charge in [-0.05, 0) is 68.1 Å². The van der Waals surface area contributed by atoms with E-state index in [1.807, 2.05) is 6.92 Å². The summed E-state index contributed by atoms with van der Waals surface area (Å²) in [6.45, 7) is 4.27. The standard InChI is InChI=1S/C19H28F2/c1-3-5-7-17-18(20)12-16(13-19(17)21)15-10-8-14(6-4-2)9-11-15/h12-15H,3-11H2,1-2H3. The Morgan fingerprint density at radius 2 is 1.57 bits per heavy atom. The van der Waals surface area contributed by atoms with Gasteiger partial charge in [-0.1, -0.05) is 33.1 Å². The van der Waals surface area contributed by atoms with Gasteiger partial charge in [0.1, 0.15) is 11.6 Å². The molecular formula is C19H28F2. The number of unbranched alkanes of at least 4 members (excludes halogenated alkanes) is 1. The number of benzene rings is 1. The number of hydrogen-bond donors (Lipinski definition) is 0. The van der Waals surface area contributed by atoms with Crippen molar-refractivity contribution in [2.24, 2.45) is 5.92 Å². The molecule has 0 saturated heterocycles. The summed E-state index contributed by atoms with van der Waals surface area (Å²) in [5.74, 6) is 0.496. The van der Waals surface area contributed by atoms with Gasteiger partial charge in [0.2, 0.25) is 0 Å². The zero-order valence-corrected chi connectivity index (χ0v) is 13.4. The van der Waals surface area contributed by atoms with Crippen molar-refractivity contribution < 1.29 is 8.78 Å². The molecule has 118 valence electrons. The Kier molecular flexibility index (Phi) is 6.20. The molecule has 1 saturated carbocycles. The molecule has 0 aromatic heterocycles. The van der Waals surface area contributed by atoms with Crippen LogP contribution in [0.5, 0.6) is 0 Å². The predicted molar refractivity (Wildman–Crippen MR) is 84.6 cm³/mol. The van der Waals surface area contributed by atoms with Crippen molar-refractivity contribution in [3.8, 4) is 0 Å². The van der Waals surface area contributed by atoms with Crippen LogP contribution in [0.2, 0.25) is 0 Å². The van der Waals surface area contributed by atoms with Gasteiger partial charge in [0.05, 0.1) is 0 Å². The second-order valence-electron chi connectivity index (χ2n) is 6.57. The van der Waals surface area contributed by atoms with Gasteiger partial charge >= 0.3 is 0 Å². The molecule has 1 aromatic rings. The van der Waals surface area contributed by atoms with Crippen LogP contribution >= 0.6 is 0 Å². The molecule has 2 rings (SSSR count). The minimum atomic E-state index is -0.339. The molecule has 2 heteroatoms. The number of rotatable bonds is 6. The van der Waals surface area contributed by atoms with Gasteiger partial charge in [-0.2, -0.15) is 0 Å². The molecule has 1 aromatic carbocycles. The van der Waals surface area contributed by atoms with Crippen LogP contribution in [0.3, 0.4) is 0 Å². The van der Waals surface area contributed by atoms with Crippen LogP contribution in [-0.2, 0) is 6.42 Å². The quantitative estimate of drug-likeness (QED) is 0.571. The number of halogens is 2. The van der Waals surface area contributed by atoms with E-state index in [9.17, 15) is 8.78 Å². The summed E-state index contributed by atoms with van der Waals surface area (Å²) in [4.78, 5) is 0. The van der Waals surface area contributed by atoms with Crippen LogP contribution < -0.4 is 0 Å². The Bertz CT molecular complexity index is 422. The molecule has 1 aliphatic carbocycles. The first kappa shape index (κ1) is 16.5. The summed E-state index contributed by atoms with van der Waals surface area (Å²) < 4.78 is 28.3. The molecule has 0 N–H and O–H groups in total. The Hall–Kier alpha value is -0.920. The lowest BCUT2D eigenvalue weighted by Gasteiger charge is -2.29. The molecule has 0 unspecified atom stereocenters. The third kappa shape index (κ3) is 4.28. The van der Waals surface area contributed by atoms with Crippen molar-refractivity contribution in [2.75, 3.05) is 0 Å². The molecule has 1 fully saturated rings. The zero-order valence-electron chi connectivity index (χ0n) is 13.4. The van der Waals surface area contributed by atoms with E-state index in [0.717, 1.165) is 37.2 Å². The third-order valence-corrected chi connectivity index (χ3v) is 4.96. The molecule has 0 heterocycles. The molecule has 1 aliphatic rings. The highest BCUT2D eigenvalue weighted by atomic mass is 19.1. The van der Waals surface area contributed by atoms with Crippen molar-refractivity contribution in [3.05, 3.63) is 34.9 Å². The van der Waals surface area contributed by atoms with Gasteiger partial charge in [0.25, 0.3) is 0 Å². The zero-order chi connectivity index (χ0) is 15.2. The second kappa shape index (κ2) is 7.91. The monoisotopic (exact) mass is 294 g/mol. The van der Waals surface area contributed by atoms with E-state index < -0.39 is 0 Å². The molecular weight excluding hydrogens is 266 g/mol. The van der Waals surface area contributed by atoms with E-state index >= 15 is 0 Å². The van der Waals surface area contributed by atoms with E-state index in [0.29, 0.717) is 12.3 Å². The normalized spacial score (nSPS) is 22.5. The van der Waals surface area contributed by atoms with Crippen molar-refractivity contribution in [2.45, 2.75) is 77.6 Å². The van der Waals surface area contributed by atoms with Crippen LogP contribution in [0.4, 0.5) is 8.78 Å². The van der Waals surface area contributed by atoms with E-state index in [1.54, 1.807) is 12.1 Å². The van der Waals surface area contributed by atoms with Gasteiger partial charge in [0.15, 0.2) is 0 Å². The van der Waals surface area contributed by atoms with Gasteiger partial charge in [-0.15, -0.1) is 0 Å². The summed E-state index contributed by atoms with van der Waals surface area (Å²) in [6, 6.07) is 3.19. The van der Waals surface area contributed by atoms with E-state index in [1.165, 1.54) is 25.7 Å². The molecule has 0 amide bonds. The average Bonchev–Trinajstić information content (AvgIpc) is 2.47. The topological polar surface area (TPSA) is 0 Å². The van der Waals surface area contributed by atoms with Gasteiger partial charge in [0, 0.05) is 5.56 Å². The Balaban J connectivity index is 2.04. The largest absolute Gasteiger partial charge is 0.207 e. The predicted octanol–water partition coefficient (Wildman–Crippen LogP) is 6.38. The van der Waals surface area contributed by atoms with Gasteiger partial charge in [-0.3, -0.25) is 0 Å². The molecule has 0 atom stereocenters. The first-order valence-corrected chi connectivity index (χ1v) is 8.63. The summed E-state index contributed by atoms with van der Waals surface area (Å²) in [5, 5.41) is 0. The van der Waals surface area contributed by atoms with Crippen LogP contribution in [0, 0.1) is 17.6 Å². The van der Waals surface area contributed by atoms with Crippen LogP contribution in [-0.4, -0.2) is 0 Å². The van der Waals surface area contributed by atoms with Crippen molar-refractivity contribution >= 4 is 0 Å². The Morgan fingerprint density at radius 3 is 2.10 bits per heavy atom. The fourth-order valence-electron chi connectivity index (χ4n) is 3.64. The van der Waals surface area contributed by atoms with Crippen LogP contribution in [0.15, 0.2) is 12.1 Å². The summed E-state index contributed by atoms with van der Waals surface area (Å²) in [7, 11) is 0. The van der Waals surface area contributed by atoms with Crippen LogP contribution in [0.25, 0.3) is 0 Å². The van der Waals surface area contributed by atoms with Crippen molar-refractivity contribution in [3.63, 3.8) is 0 Å². The highest BCUT2D eigenvalue weighted by Gasteiger charge is 2.23. The minimum absolute atomic E-state index is 0.278. The van der Waals surface area contributed by atoms with E-state index in [-0.39, 0.29) is 17.2 Å².